The van der Waals surface area contributed by atoms with E-state index in [4.69, 9.17) is 4.74 Å². The quantitative estimate of drug-likeness (QED) is 0.895. The minimum atomic E-state index is -0.135. The smallest absolute Gasteiger partial charge is 0.255 e. The van der Waals surface area contributed by atoms with Gasteiger partial charge in [-0.15, -0.1) is 0 Å². The molecule has 1 amide bonds. The van der Waals surface area contributed by atoms with Crippen molar-refractivity contribution < 1.29 is 9.53 Å². The molecule has 0 fully saturated rings. The Bertz CT molecular complexity index is 594. The first-order valence-electron chi connectivity index (χ1n) is 6.38. The standard InChI is InChI=1S/C16H16BrNO2/c1-11(2)20-15-8-6-14(7-9-15)18-16(19)12-4-3-5-13(17)10-12/h3-11H,1-2H3,(H,18,19). The Hall–Kier alpha value is -1.81. The van der Waals surface area contributed by atoms with Gasteiger partial charge in [-0.05, 0) is 56.3 Å². The zero-order chi connectivity index (χ0) is 14.5. The number of carbonyl (C=O) groups is 1. The predicted molar refractivity (Wildman–Crippen MR) is 84.3 cm³/mol. The van der Waals surface area contributed by atoms with Crippen molar-refractivity contribution in [2.75, 3.05) is 5.32 Å². The van der Waals surface area contributed by atoms with Crippen LogP contribution in [0, 0.1) is 0 Å². The monoisotopic (exact) mass is 333 g/mol. The Labute approximate surface area is 127 Å². The van der Waals surface area contributed by atoms with E-state index in [9.17, 15) is 4.79 Å². The fourth-order valence-electron chi connectivity index (χ4n) is 1.72. The Kier molecular flexibility index (Phi) is 4.79. The number of hydrogen-bond donors (Lipinski definition) is 1. The van der Waals surface area contributed by atoms with Gasteiger partial charge in [0.1, 0.15) is 5.75 Å². The van der Waals surface area contributed by atoms with Crippen LogP contribution in [0.25, 0.3) is 0 Å². The number of ether oxygens (including phenoxy) is 1. The number of benzene rings is 2. The van der Waals surface area contributed by atoms with E-state index in [-0.39, 0.29) is 12.0 Å². The van der Waals surface area contributed by atoms with E-state index in [1.165, 1.54) is 0 Å². The van der Waals surface area contributed by atoms with E-state index in [0.717, 1.165) is 15.9 Å². The summed E-state index contributed by atoms with van der Waals surface area (Å²) in [4.78, 5) is 12.1. The lowest BCUT2D eigenvalue weighted by Crippen LogP contribution is -2.11. The summed E-state index contributed by atoms with van der Waals surface area (Å²) in [6, 6.07) is 14.6. The third-order valence-corrected chi connectivity index (χ3v) is 3.06. The molecule has 1 N–H and O–H groups in total. The number of hydrogen-bond acceptors (Lipinski definition) is 2. The summed E-state index contributed by atoms with van der Waals surface area (Å²) >= 11 is 3.35. The van der Waals surface area contributed by atoms with Gasteiger partial charge in [0.05, 0.1) is 6.10 Å². The predicted octanol–water partition coefficient (Wildman–Crippen LogP) is 4.49. The number of nitrogens with one attached hydrogen (secondary N) is 1. The maximum absolute atomic E-state index is 12.1. The molecule has 0 saturated heterocycles. The van der Waals surface area contributed by atoms with Crippen LogP contribution in [0.2, 0.25) is 0 Å². The Morgan fingerprint density at radius 3 is 2.45 bits per heavy atom. The van der Waals surface area contributed by atoms with Gasteiger partial charge in [-0.2, -0.15) is 0 Å². The minimum Gasteiger partial charge on any atom is -0.491 e. The van der Waals surface area contributed by atoms with Gasteiger partial charge in [0.25, 0.3) is 5.91 Å². The average Bonchev–Trinajstić information content (AvgIpc) is 2.40. The summed E-state index contributed by atoms with van der Waals surface area (Å²) in [5, 5.41) is 2.85. The molecule has 0 aliphatic carbocycles. The normalized spacial score (nSPS) is 10.4. The first-order valence-corrected chi connectivity index (χ1v) is 7.17. The molecule has 3 nitrogen and oxygen atoms in total. The van der Waals surface area contributed by atoms with Gasteiger partial charge >= 0.3 is 0 Å². The van der Waals surface area contributed by atoms with Crippen LogP contribution in [0.1, 0.15) is 24.2 Å². The Morgan fingerprint density at radius 2 is 1.85 bits per heavy atom. The number of halogens is 1. The fraction of sp³-hybridized carbons (Fsp3) is 0.188. The van der Waals surface area contributed by atoms with Gasteiger partial charge in [-0.25, -0.2) is 0 Å². The summed E-state index contributed by atoms with van der Waals surface area (Å²) in [5.41, 5.74) is 1.35. The highest BCUT2D eigenvalue weighted by Gasteiger charge is 2.06. The first kappa shape index (κ1) is 14.6. The molecule has 0 heterocycles. The third kappa shape index (κ3) is 4.10. The first-order chi connectivity index (χ1) is 9.54. The summed E-state index contributed by atoms with van der Waals surface area (Å²) in [5.74, 6) is 0.657. The molecule has 4 heteroatoms. The fourth-order valence-corrected chi connectivity index (χ4v) is 2.12. The average molecular weight is 334 g/mol. The van der Waals surface area contributed by atoms with Gasteiger partial charge in [-0.1, -0.05) is 22.0 Å². The van der Waals surface area contributed by atoms with Crippen LogP contribution < -0.4 is 10.1 Å². The molecular weight excluding hydrogens is 318 g/mol. The molecule has 2 aromatic rings. The van der Waals surface area contributed by atoms with E-state index >= 15 is 0 Å². The second kappa shape index (κ2) is 6.57. The highest BCUT2D eigenvalue weighted by atomic mass is 79.9. The second-order valence-corrected chi connectivity index (χ2v) is 5.57. The molecule has 104 valence electrons. The summed E-state index contributed by atoms with van der Waals surface area (Å²) in [6.45, 7) is 3.95. The zero-order valence-electron chi connectivity index (χ0n) is 11.4. The van der Waals surface area contributed by atoms with E-state index < -0.39 is 0 Å². The van der Waals surface area contributed by atoms with Crippen molar-refractivity contribution in [3.63, 3.8) is 0 Å². The summed E-state index contributed by atoms with van der Waals surface area (Å²) in [6.07, 6.45) is 0.136. The molecule has 2 aromatic carbocycles. The van der Waals surface area contributed by atoms with Gasteiger partial charge < -0.3 is 10.1 Å². The maximum atomic E-state index is 12.1. The summed E-state index contributed by atoms with van der Waals surface area (Å²) in [7, 11) is 0. The molecular formula is C16H16BrNO2. The lowest BCUT2D eigenvalue weighted by atomic mass is 10.2. The van der Waals surface area contributed by atoms with Crippen LogP contribution >= 0.6 is 15.9 Å². The third-order valence-electron chi connectivity index (χ3n) is 2.57. The molecule has 0 spiro atoms. The molecule has 0 unspecified atom stereocenters. The van der Waals surface area contributed by atoms with Crippen molar-refractivity contribution in [1.29, 1.82) is 0 Å². The zero-order valence-corrected chi connectivity index (χ0v) is 13.0. The maximum Gasteiger partial charge on any atom is 0.255 e. The Morgan fingerprint density at radius 1 is 1.15 bits per heavy atom. The molecule has 0 saturated carbocycles. The molecule has 0 bridgehead atoms. The van der Waals surface area contributed by atoms with Crippen molar-refractivity contribution >= 4 is 27.5 Å². The largest absolute Gasteiger partial charge is 0.491 e. The lowest BCUT2D eigenvalue weighted by Gasteiger charge is -2.10. The van der Waals surface area contributed by atoms with Gasteiger partial charge in [-0.3, -0.25) is 4.79 Å². The molecule has 0 radical (unpaired) electrons. The van der Waals surface area contributed by atoms with E-state index in [1.54, 1.807) is 12.1 Å². The van der Waals surface area contributed by atoms with Gasteiger partial charge in [0.15, 0.2) is 0 Å². The number of amides is 1. The highest BCUT2D eigenvalue weighted by molar-refractivity contribution is 9.10. The molecule has 0 aromatic heterocycles. The van der Waals surface area contributed by atoms with E-state index in [1.807, 2.05) is 50.2 Å². The van der Waals surface area contributed by atoms with Crippen LogP contribution in [0.3, 0.4) is 0 Å². The number of anilines is 1. The Balaban J connectivity index is 2.04. The SMILES string of the molecule is CC(C)Oc1ccc(NC(=O)c2cccc(Br)c2)cc1. The van der Waals surface area contributed by atoms with Crippen LogP contribution in [0.15, 0.2) is 53.0 Å². The van der Waals surface area contributed by atoms with Crippen molar-refractivity contribution in [3.8, 4) is 5.75 Å². The lowest BCUT2D eigenvalue weighted by molar-refractivity contribution is 0.102. The van der Waals surface area contributed by atoms with Gasteiger partial charge in [0.2, 0.25) is 0 Å². The topological polar surface area (TPSA) is 38.3 Å². The van der Waals surface area contributed by atoms with Crippen molar-refractivity contribution in [2.24, 2.45) is 0 Å². The van der Waals surface area contributed by atoms with E-state index in [2.05, 4.69) is 21.2 Å². The molecule has 0 atom stereocenters. The molecule has 0 aliphatic rings. The van der Waals surface area contributed by atoms with Crippen molar-refractivity contribution in [1.82, 2.24) is 0 Å². The second-order valence-electron chi connectivity index (χ2n) is 4.66. The van der Waals surface area contributed by atoms with Crippen LogP contribution in [0.4, 0.5) is 5.69 Å². The van der Waals surface area contributed by atoms with Crippen LogP contribution in [-0.4, -0.2) is 12.0 Å². The molecule has 0 aliphatic heterocycles. The van der Waals surface area contributed by atoms with Crippen molar-refractivity contribution in [3.05, 3.63) is 58.6 Å². The minimum absolute atomic E-state index is 0.135. The molecule has 20 heavy (non-hydrogen) atoms. The summed E-state index contributed by atoms with van der Waals surface area (Å²) < 4.78 is 6.44. The number of carbonyl (C=O) groups excluding carboxylic acids is 1. The van der Waals surface area contributed by atoms with Crippen molar-refractivity contribution in [2.45, 2.75) is 20.0 Å². The highest BCUT2D eigenvalue weighted by Crippen LogP contribution is 2.18. The van der Waals surface area contributed by atoms with Gasteiger partial charge in [0, 0.05) is 15.7 Å². The van der Waals surface area contributed by atoms with Crippen LogP contribution in [-0.2, 0) is 0 Å². The van der Waals surface area contributed by atoms with E-state index in [0.29, 0.717) is 5.56 Å². The number of rotatable bonds is 4. The molecule has 2 rings (SSSR count). The van der Waals surface area contributed by atoms with Crippen LogP contribution in [0.5, 0.6) is 5.75 Å².